The number of amides is 1. The molecule has 1 amide bonds. The molecule has 2 aromatic rings. The molecule has 1 aromatic carbocycles. The zero-order valence-corrected chi connectivity index (χ0v) is 12.9. The maximum Gasteiger partial charge on any atom is 0.342 e. The predicted molar refractivity (Wildman–Crippen MR) is 84.0 cm³/mol. The van der Waals surface area contributed by atoms with Crippen LogP contribution in [0.15, 0.2) is 48.7 Å². The Labute approximate surface area is 133 Å². The van der Waals surface area contributed by atoms with E-state index in [0.717, 1.165) is 5.69 Å². The molecule has 0 aliphatic rings. The van der Waals surface area contributed by atoms with Crippen LogP contribution in [-0.4, -0.2) is 30.0 Å². The number of aromatic nitrogens is 1. The van der Waals surface area contributed by atoms with Gasteiger partial charge in [0, 0.05) is 18.9 Å². The maximum atomic E-state index is 12.3. The molecule has 1 aromatic heterocycles. The molecular weight excluding hydrogens is 304 g/mol. The molecule has 22 heavy (non-hydrogen) atoms. The second kappa shape index (κ2) is 7.04. The topological polar surface area (TPSA) is 59.5 Å². The van der Waals surface area contributed by atoms with Crippen molar-refractivity contribution in [2.75, 3.05) is 11.9 Å². The molecule has 1 atom stereocenters. The van der Waals surface area contributed by atoms with E-state index in [1.54, 1.807) is 25.2 Å². The average molecular weight is 319 g/mol. The summed E-state index contributed by atoms with van der Waals surface area (Å²) in [5.41, 5.74) is 0.848. The van der Waals surface area contributed by atoms with Gasteiger partial charge in [0.05, 0.1) is 5.56 Å². The van der Waals surface area contributed by atoms with Gasteiger partial charge in [-0.15, -0.1) is 0 Å². The third kappa shape index (κ3) is 3.62. The minimum atomic E-state index is -0.936. The van der Waals surface area contributed by atoms with Gasteiger partial charge in [0.1, 0.15) is 5.15 Å². The highest BCUT2D eigenvalue weighted by atomic mass is 35.5. The Bertz CT molecular complexity index is 676. The minimum Gasteiger partial charge on any atom is -0.449 e. The number of pyridine rings is 1. The summed E-state index contributed by atoms with van der Waals surface area (Å²) in [5.74, 6) is -1.01. The largest absolute Gasteiger partial charge is 0.449 e. The van der Waals surface area contributed by atoms with E-state index in [9.17, 15) is 9.59 Å². The second-order valence-corrected chi connectivity index (χ2v) is 4.98. The molecule has 0 fully saturated rings. The van der Waals surface area contributed by atoms with E-state index in [2.05, 4.69) is 4.98 Å². The van der Waals surface area contributed by atoms with Gasteiger partial charge in [-0.3, -0.25) is 4.79 Å². The van der Waals surface area contributed by atoms with E-state index < -0.39 is 12.1 Å². The van der Waals surface area contributed by atoms with Gasteiger partial charge in [0.25, 0.3) is 5.91 Å². The number of likely N-dealkylation sites (N-methyl/N-ethyl adjacent to an activating group) is 1. The van der Waals surface area contributed by atoms with Crippen LogP contribution in [0, 0.1) is 0 Å². The van der Waals surface area contributed by atoms with Crippen LogP contribution < -0.4 is 4.90 Å². The predicted octanol–water partition coefficient (Wildman–Crippen LogP) is 2.94. The first-order valence-electron chi connectivity index (χ1n) is 6.65. The number of carbonyl (C=O) groups is 2. The van der Waals surface area contributed by atoms with Crippen LogP contribution in [0.25, 0.3) is 0 Å². The molecule has 0 saturated carbocycles. The summed E-state index contributed by atoms with van der Waals surface area (Å²) in [5, 5.41) is 0.0450. The molecule has 0 bridgehead atoms. The van der Waals surface area contributed by atoms with Crippen molar-refractivity contribution in [1.29, 1.82) is 0 Å². The van der Waals surface area contributed by atoms with Gasteiger partial charge < -0.3 is 9.64 Å². The van der Waals surface area contributed by atoms with Crippen LogP contribution in [0.5, 0.6) is 0 Å². The quantitative estimate of drug-likeness (QED) is 0.642. The van der Waals surface area contributed by atoms with Crippen LogP contribution in [0.3, 0.4) is 0 Å². The van der Waals surface area contributed by atoms with Gasteiger partial charge in [-0.25, -0.2) is 9.78 Å². The van der Waals surface area contributed by atoms with Gasteiger partial charge >= 0.3 is 5.97 Å². The molecule has 0 saturated heterocycles. The minimum absolute atomic E-state index is 0.0450. The van der Waals surface area contributed by atoms with Crippen LogP contribution in [0.2, 0.25) is 5.15 Å². The SMILES string of the molecule is C[C@H](OC(=O)c1cccnc1Cl)C(=O)N(C)c1ccccc1. The lowest BCUT2D eigenvalue weighted by Gasteiger charge is -2.21. The Kier molecular flexibility index (Phi) is 5.12. The number of benzene rings is 1. The molecule has 0 aliphatic heterocycles. The normalized spacial score (nSPS) is 11.6. The molecule has 0 N–H and O–H groups in total. The standard InChI is InChI=1S/C16H15ClN2O3/c1-11(15(20)19(2)12-7-4-3-5-8-12)22-16(21)13-9-6-10-18-14(13)17/h3-11H,1-2H3/t11-/m0/s1. The zero-order valence-electron chi connectivity index (χ0n) is 12.2. The van der Waals surface area contributed by atoms with Crippen LogP contribution in [0.4, 0.5) is 5.69 Å². The average Bonchev–Trinajstić information content (AvgIpc) is 2.54. The number of carbonyl (C=O) groups excluding carboxylic acids is 2. The van der Waals surface area contributed by atoms with Crippen molar-refractivity contribution in [3.8, 4) is 0 Å². The van der Waals surface area contributed by atoms with Crippen LogP contribution >= 0.6 is 11.6 Å². The number of hydrogen-bond acceptors (Lipinski definition) is 4. The summed E-state index contributed by atoms with van der Waals surface area (Å²) in [7, 11) is 1.62. The molecule has 114 valence electrons. The smallest absolute Gasteiger partial charge is 0.342 e. The number of rotatable bonds is 4. The van der Waals surface area contributed by atoms with Gasteiger partial charge in [-0.2, -0.15) is 0 Å². The number of nitrogens with zero attached hydrogens (tertiary/aromatic N) is 2. The molecule has 5 nitrogen and oxygen atoms in total. The number of hydrogen-bond donors (Lipinski definition) is 0. The first kappa shape index (κ1) is 16.0. The summed E-state index contributed by atoms with van der Waals surface area (Å²) in [6.07, 6.45) is 0.533. The first-order valence-corrected chi connectivity index (χ1v) is 7.02. The summed E-state index contributed by atoms with van der Waals surface area (Å²) in [4.78, 5) is 29.6. The highest BCUT2D eigenvalue weighted by molar-refractivity contribution is 6.32. The molecule has 0 spiro atoms. The van der Waals surface area contributed by atoms with Gasteiger partial charge in [-0.1, -0.05) is 29.8 Å². The molecular formula is C16H15ClN2O3. The number of ether oxygens (including phenoxy) is 1. The summed E-state index contributed by atoms with van der Waals surface area (Å²) in [6.45, 7) is 1.52. The van der Waals surface area contributed by atoms with Crippen molar-refractivity contribution in [3.63, 3.8) is 0 Å². The van der Waals surface area contributed by atoms with Gasteiger partial charge in [0.15, 0.2) is 6.10 Å². The number of esters is 1. The Hall–Kier alpha value is -2.40. The van der Waals surface area contributed by atoms with Crippen molar-refractivity contribution in [1.82, 2.24) is 4.98 Å². The van der Waals surface area contributed by atoms with E-state index in [-0.39, 0.29) is 16.6 Å². The lowest BCUT2D eigenvalue weighted by Crippen LogP contribution is -2.37. The highest BCUT2D eigenvalue weighted by Crippen LogP contribution is 2.16. The van der Waals surface area contributed by atoms with Crippen LogP contribution in [0.1, 0.15) is 17.3 Å². The monoisotopic (exact) mass is 318 g/mol. The fraction of sp³-hybridized carbons (Fsp3) is 0.188. The highest BCUT2D eigenvalue weighted by Gasteiger charge is 2.24. The first-order chi connectivity index (χ1) is 10.5. The van der Waals surface area contributed by atoms with Gasteiger partial charge in [0.2, 0.25) is 0 Å². The van der Waals surface area contributed by atoms with Crippen LogP contribution in [-0.2, 0) is 9.53 Å². The molecule has 2 rings (SSSR count). The zero-order chi connectivity index (χ0) is 16.1. The second-order valence-electron chi connectivity index (χ2n) is 4.62. The van der Waals surface area contributed by atoms with E-state index >= 15 is 0 Å². The number of anilines is 1. The third-order valence-electron chi connectivity index (χ3n) is 3.08. The summed E-state index contributed by atoms with van der Waals surface area (Å²) < 4.78 is 5.17. The molecule has 0 unspecified atom stereocenters. The Balaban J connectivity index is 2.06. The van der Waals surface area contributed by atoms with Gasteiger partial charge in [-0.05, 0) is 31.2 Å². The van der Waals surface area contributed by atoms with Crippen molar-refractivity contribution >= 4 is 29.2 Å². The summed E-state index contributed by atoms with van der Waals surface area (Å²) >= 11 is 5.83. The Morgan fingerprint density at radius 1 is 1.18 bits per heavy atom. The Morgan fingerprint density at radius 2 is 1.86 bits per heavy atom. The molecule has 1 heterocycles. The summed E-state index contributed by atoms with van der Waals surface area (Å²) in [6, 6.07) is 12.2. The molecule has 0 aliphatic carbocycles. The van der Waals surface area contributed by atoms with E-state index in [0.29, 0.717) is 0 Å². The number of halogens is 1. The van der Waals surface area contributed by atoms with E-state index in [1.807, 2.05) is 18.2 Å². The maximum absolute atomic E-state index is 12.3. The fourth-order valence-electron chi connectivity index (χ4n) is 1.86. The number of para-hydroxylation sites is 1. The van der Waals surface area contributed by atoms with Crippen molar-refractivity contribution < 1.29 is 14.3 Å². The van der Waals surface area contributed by atoms with Crippen molar-refractivity contribution in [2.24, 2.45) is 0 Å². The van der Waals surface area contributed by atoms with E-state index in [4.69, 9.17) is 16.3 Å². The molecule has 0 radical (unpaired) electrons. The third-order valence-corrected chi connectivity index (χ3v) is 3.39. The van der Waals surface area contributed by atoms with E-state index in [1.165, 1.54) is 24.1 Å². The van der Waals surface area contributed by atoms with Crippen molar-refractivity contribution in [2.45, 2.75) is 13.0 Å². The Morgan fingerprint density at radius 3 is 2.50 bits per heavy atom. The molecule has 6 heteroatoms. The van der Waals surface area contributed by atoms with Crippen molar-refractivity contribution in [3.05, 3.63) is 59.4 Å². The lowest BCUT2D eigenvalue weighted by molar-refractivity contribution is -0.126. The lowest BCUT2D eigenvalue weighted by atomic mass is 10.2. The fourth-order valence-corrected chi connectivity index (χ4v) is 2.06.